The average Bonchev–Trinajstić information content (AvgIpc) is 3.19. The van der Waals surface area contributed by atoms with Crippen molar-refractivity contribution >= 4 is 5.69 Å². The van der Waals surface area contributed by atoms with Crippen molar-refractivity contribution in [3.63, 3.8) is 0 Å². The second-order valence-corrected chi connectivity index (χ2v) is 8.97. The molecule has 0 bridgehead atoms. The number of para-hydroxylation sites is 1. The molecule has 32 heavy (non-hydrogen) atoms. The van der Waals surface area contributed by atoms with Gasteiger partial charge in [-0.15, -0.1) is 0 Å². The first-order valence-corrected chi connectivity index (χ1v) is 11.9. The highest BCUT2D eigenvalue weighted by Crippen LogP contribution is 2.26. The van der Waals surface area contributed by atoms with Crippen LogP contribution in [0.1, 0.15) is 18.9 Å². The molecule has 0 unspecified atom stereocenters. The van der Waals surface area contributed by atoms with E-state index in [4.69, 9.17) is 9.47 Å². The van der Waals surface area contributed by atoms with E-state index in [9.17, 15) is 5.11 Å². The molecular weight excluding hydrogens is 402 g/mol. The average molecular weight is 440 g/mol. The van der Waals surface area contributed by atoms with Crippen molar-refractivity contribution in [2.75, 3.05) is 70.5 Å². The number of aliphatic hydroxyl groups is 1. The minimum absolute atomic E-state index is 0.575. The normalized spacial score (nSPS) is 22.4. The van der Waals surface area contributed by atoms with Crippen LogP contribution in [0.2, 0.25) is 0 Å². The lowest BCUT2D eigenvalue weighted by Gasteiger charge is -2.39. The molecule has 2 aliphatic heterocycles. The number of likely N-dealkylation sites (tertiary alicyclic amines) is 1. The zero-order valence-corrected chi connectivity index (χ0v) is 19.3. The van der Waals surface area contributed by atoms with Gasteiger partial charge in [0.25, 0.3) is 0 Å². The second-order valence-electron chi connectivity index (χ2n) is 8.97. The van der Waals surface area contributed by atoms with Gasteiger partial charge in [-0.05, 0) is 43.2 Å². The Bertz CT molecular complexity index is 809. The first-order chi connectivity index (χ1) is 15.6. The summed E-state index contributed by atoms with van der Waals surface area (Å²) in [4.78, 5) is 7.23. The van der Waals surface area contributed by atoms with E-state index in [0.29, 0.717) is 19.8 Å². The SMILES string of the molecule is CCOCCOc1ccc(CN2CC[C@@](O)(CN3CCN(c4ccccc4)CC3)C2)cc1. The zero-order chi connectivity index (χ0) is 22.2. The molecule has 0 amide bonds. The number of β-amino-alcohol motifs (C(OH)–C–C–N with tert-alkyl or cyclic N) is 1. The molecule has 1 N–H and O–H groups in total. The van der Waals surface area contributed by atoms with Crippen molar-refractivity contribution in [3.8, 4) is 5.75 Å². The quantitative estimate of drug-likeness (QED) is 0.575. The maximum Gasteiger partial charge on any atom is 0.119 e. The molecule has 1 atom stereocenters. The van der Waals surface area contributed by atoms with Gasteiger partial charge in [0.1, 0.15) is 12.4 Å². The molecule has 6 heteroatoms. The largest absolute Gasteiger partial charge is 0.491 e. The van der Waals surface area contributed by atoms with Crippen LogP contribution in [0.4, 0.5) is 5.69 Å². The van der Waals surface area contributed by atoms with Gasteiger partial charge in [0.15, 0.2) is 0 Å². The molecule has 4 rings (SSSR count). The maximum absolute atomic E-state index is 11.2. The second kappa shape index (κ2) is 11.1. The third-order valence-corrected chi connectivity index (χ3v) is 6.45. The number of anilines is 1. The predicted octanol–water partition coefficient (Wildman–Crippen LogP) is 2.86. The van der Waals surface area contributed by atoms with Gasteiger partial charge < -0.3 is 19.5 Å². The third-order valence-electron chi connectivity index (χ3n) is 6.45. The Hall–Kier alpha value is -2.12. The van der Waals surface area contributed by atoms with Crippen molar-refractivity contribution in [1.29, 1.82) is 0 Å². The summed E-state index contributed by atoms with van der Waals surface area (Å²) in [5, 5.41) is 11.2. The summed E-state index contributed by atoms with van der Waals surface area (Å²) in [6.45, 7) is 11.2. The van der Waals surface area contributed by atoms with E-state index in [1.54, 1.807) is 0 Å². The molecule has 2 saturated heterocycles. The first-order valence-electron chi connectivity index (χ1n) is 11.9. The Morgan fingerprint density at radius 2 is 1.62 bits per heavy atom. The molecule has 6 nitrogen and oxygen atoms in total. The Morgan fingerprint density at radius 1 is 0.875 bits per heavy atom. The molecule has 2 aromatic carbocycles. The maximum atomic E-state index is 11.2. The molecule has 0 radical (unpaired) electrons. The molecule has 0 saturated carbocycles. The van der Waals surface area contributed by atoms with Crippen LogP contribution in [0.15, 0.2) is 54.6 Å². The van der Waals surface area contributed by atoms with Crippen molar-refractivity contribution in [1.82, 2.24) is 9.80 Å². The first kappa shape index (κ1) is 23.1. The van der Waals surface area contributed by atoms with Gasteiger partial charge in [0, 0.05) is 64.7 Å². The van der Waals surface area contributed by atoms with Crippen molar-refractivity contribution in [3.05, 3.63) is 60.2 Å². The minimum atomic E-state index is -0.614. The van der Waals surface area contributed by atoms with E-state index in [1.807, 2.05) is 19.1 Å². The fraction of sp³-hybridized carbons (Fsp3) is 0.538. The molecular formula is C26H37N3O3. The molecule has 2 aliphatic rings. The number of nitrogens with zero attached hydrogens (tertiary/aromatic N) is 3. The van der Waals surface area contributed by atoms with Gasteiger partial charge in [-0.1, -0.05) is 30.3 Å². The molecule has 0 spiro atoms. The molecule has 2 aromatic rings. The lowest BCUT2D eigenvalue weighted by molar-refractivity contribution is 0.00978. The number of benzene rings is 2. The van der Waals surface area contributed by atoms with Gasteiger partial charge >= 0.3 is 0 Å². The molecule has 2 fully saturated rings. The van der Waals surface area contributed by atoms with Gasteiger partial charge in [-0.25, -0.2) is 0 Å². The van der Waals surface area contributed by atoms with Gasteiger partial charge in [0.05, 0.1) is 12.2 Å². The highest BCUT2D eigenvalue weighted by molar-refractivity contribution is 5.46. The standard InChI is InChI=1S/C26H37N3O3/c1-2-31-18-19-32-25-10-8-23(9-11-25)20-28-13-12-26(30,22-28)21-27-14-16-29(17-15-27)24-6-4-3-5-7-24/h3-11,30H,2,12-22H2,1H3/t26-/m1/s1. The fourth-order valence-corrected chi connectivity index (χ4v) is 4.74. The third kappa shape index (κ3) is 6.45. The van der Waals surface area contributed by atoms with Crippen LogP contribution in [-0.4, -0.2) is 86.1 Å². The molecule has 2 heterocycles. The van der Waals surface area contributed by atoms with E-state index >= 15 is 0 Å². The van der Waals surface area contributed by atoms with Crippen molar-refractivity contribution < 1.29 is 14.6 Å². The Kier molecular flexibility index (Phi) is 8.03. The van der Waals surface area contributed by atoms with E-state index in [2.05, 4.69) is 57.2 Å². The Labute approximate surface area is 192 Å². The minimum Gasteiger partial charge on any atom is -0.491 e. The summed E-state index contributed by atoms with van der Waals surface area (Å²) in [6.07, 6.45) is 0.838. The van der Waals surface area contributed by atoms with Crippen LogP contribution in [0.25, 0.3) is 0 Å². The summed E-state index contributed by atoms with van der Waals surface area (Å²) >= 11 is 0. The lowest BCUT2D eigenvalue weighted by atomic mass is 10.0. The highest BCUT2D eigenvalue weighted by atomic mass is 16.5. The summed E-state index contributed by atoms with van der Waals surface area (Å²) in [5.41, 5.74) is 1.93. The summed E-state index contributed by atoms with van der Waals surface area (Å²) in [7, 11) is 0. The lowest BCUT2D eigenvalue weighted by Crippen LogP contribution is -2.52. The number of piperazine rings is 1. The van der Waals surface area contributed by atoms with Gasteiger partial charge in [-0.2, -0.15) is 0 Å². The molecule has 174 valence electrons. The Balaban J connectivity index is 1.20. The fourth-order valence-electron chi connectivity index (χ4n) is 4.74. The van der Waals surface area contributed by atoms with Gasteiger partial charge in [0.2, 0.25) is 0 Å². The van der Waals surface area contributed by atoms with Gasteiger partial charge in [-0.3, -0.25) is 9.80 Å². The van der Waals surface area contributed by atoms with E-state index in [-0.39, 0.29) is 0 Å². The van der Waals surface area contributed by atoms with E-state index in [1.165, 1.54) is 11.3 Å². The molecule has 0 aromatic heterocycles. The summed E-state index contributed by atoms with van der Waals surface area (Å²) < 4.78 is 11.0. The topological polar surface area (TPSA) is 48.4 Å². The van der Waals surface area contributed by atoms with Crippen LogP contribution >= 0.6 is 0 Å². The van der Waals surface area contributed by atoms with Crippen LogP contribution in [0.5, 0.6) is 5.75 Å². The van der Waals surface area contributed by atoms with E-state index < -0.39 is 5.60 Å². The highest BCUT2D eigenvalue weighted by Gasteiger charge is 2.38. The zero-order valence-electron chi connectivity index (χ0n) is 19.3. The monoisotopic (exact) mass is 439 g/mol. The van der Waals surface area contributed by atoms with Crippen molar-refractivity contribution in [2.45, 2.75) is 25.5 Å². The van der Waals surface area contributed by atoms with Crippen LogP contribution in [0.3, 0.4) is 0 Å². The Morgan fingerprint density at radius 3 is 2.34 bits per heavy atom. The van der Waals surface area contributed by atoms with E-state index in [0.717, 1.165) is 64.5 Å². The predicted molar refractivity (Wildman–Crippen MR) is 128 cm³/mol. The number of ether oxygens (including phenoxy) is 2. The number of hydrogen-bond acceptors (Lipinski definition) is 6. The van der Waals surface area contributed by atoms with Crippen LogP contribution in [-0.2, 0) is 11.3 Å². The van der Waals surface area contributed by atoms with Crippen molar-refractivity contribution in [2.24, 2.45) is 0 Å². The van der Waals surface area contributed by atoms with Crippen LogP contribution < -0.4 is 9.64 Å². The number of rotatable bonds is 10. The summed E-state index contributed by atoms with van der Waals surface area (Å²) in [5.74, 6) is 0.876. The number of hydrogen-bond donors (Lipinski definition) is 1. The summed E-state index contributed by atoms with van der Waals surface area (Å²) in [6, 6.07) is 18.9. The smallest absolute Gasteiger partial charge is 0.119 e. The van der Waals surface area contributed by atoms with Crippen LogP contribution in [0, 0.1) is 0 Å². The molecule has 0 aliphatic carbocycles.